The number of nitrogens with one attached hydrogen (secondary N) is 1. The van der Waals surface area contributed by atoms with Gasteiger partial charge in [-0.25, -0.2) is 0 Å². The second kappa shape index (κ2) is 7.88. The summed E-state index contributed by atoms with van der Waals surface area (Å²) < 4.78 is 41.5. The van der Waals surface area contributed by atoms with Crippen molar-refractivity contribution < 1.29 is 22.5 Å². The second-order valence-electron chi connectivity index (χ2n) is 6.49. The number of halogens is 3. The van der Waals surface area contributed by atoms with E-state index in [-0.39, 0.29) is 30.6 Å². The normalized spacial score (nSPS) is 16.6. The van der Waals surface area contributed by atoms with E-state index >= 15 is 0 Å². The third-order valence-electron chi connectivity index (χ3n) is 4.67. The van der Waals surface area contributed by atoms with Crippen LogP contribution >= 0.6 is 0 Å². The van der Waals surface area contributed by atoms with Gasteiger partial charge in [-0.3, -0.25) is 4.79 Å². The number of hydrogen-bond acceptors (Lipinski definition) is 4. The number of amides is 1. The Balaban J connectivity index is 1.60. The van der Waals surface area contributed by atoms with Gasteiger partial charge < -0.3 is 9.84 Å². The summed E-state index contributed by atoms with van der Waals surface area (Å²) in [6, 6.07) is 9.60. The fourth-order valence-electron chi connectivity index (χ4n) is 3.47. The van der Waals surface area contributed by atoms with E-state index in [2.05, 4.69) is 20.0 Å². The van der Waals surface area contributed by atoms with Crippen LogP contribution in [0.5, 0.6) is 0 Å². The van der Waals surface area contributed by atoms with Crippen LogP contribution in [0.25, 0.3) is 0 Å². The Morgan fingerprint density at radius 3 is 2.54 bits per heavy atom. The van der Waals surface area contributed by atoms with Gasteiger partial charge in [-0.05, 0) is 24.3 Å². The van der Waals surface area contributed by atoms with E-state index in [1.807, 2.05) is 30.3 Å². The fraction of sp³-hybridized carbons (Fsp3) is 0.500. The third-order valence-corrected chi connectivity index (χ3v) is 4.67. The zero-order valence-electron chi connectivity index (χ0n) is 14.1. The van der Waals surface area contributed by atoms with E-state index in [0.29, 0.717) is 5.92 Å². The minimum atomic E-state index is -4.66. The van der Waals surface area contributed by atoms with Crippen LogP contribution in [0.4, 0.5) is 13.2 Å². The molecule has 0 saturated heterocycles. The summed E-state index contributed by atoms with van der Waals surface area (Å²) >= 11 is 0. The maximum atomic E-state index is 12.7. The van der Waals surface area contributed by atoms with Gasteiger partial charge in [0.25, 0.3) is 0 Å². The molecule has 1 heterocycles. The Kier molecular flexibility index (Phi) is 5.58. The zero-order chi connectivity index (χ0) is 18.6. The summed E-state index contributed by atoms with van der Waals surface area (Å²) in [7, 11) is 0. The van der Waals surface area contributed by atoms with Gasteiger partial charge in [0.05, 0.1) is 5.92 Å². The third kappa shape index (κ3) is 4.42. The lowest BCUT2D eigenvalue weighted by Crippen LogP contribution is -2.34. The molecule has 3 rings (SSSR count). The fourth-order valence-corrected chi connectivity index (χ4v) is 3.47. The number of hydrogen-bond donors (Lipinski definition) is 1. The van der Waals surface area contributed by atoms with Gasteiger partial charge in [0.2, 0.25) is 5.91 Å². The lowest BCUT2D eigenvalue weighted by Gasteiger charge is -2.23. The number of benzene rings is 1. The van der Waals surface area contributed by atoms with Crippen LogP contribution in [0.2, 0.25) is 0 Å². The molecule has 26 heavy (non-hydrogen) atoms. The lowest BCUT2D eigenvalue weighted by atomic mass is 9.84. The van der Waals surface area contributed by atoms with Crippen molar-refractivity contribution in [2.45, 2.75) is 44.2 Å². The van der Waals surface area contributed by atoms with Crippen LogP contribution in [0.1, 0.15) is 48.9 Å². The van der Waals surface area contributed by atoms with Crippen molar-refractivity contribution in [2.24, 2.45) is 5.92 Å². The largest absolute Gasteiger partial charge is 0.471 e. The molecule has 1 aromatic heterocycles. The Morgan fingerprint density at radius 2 is 1.92 bits per heavy atom. The van der Waals surface area contributed by atoms with Crippen molar-refractivity contribution in [3.63, 3.8) is 0 Å². The van der Waals surface area contributed by atoms with E-state index in [1.165, 1.54) is 0 Å². The number of aromatic nitrogens is 2. The summed E-state index contributed by atoms with van der Waals surface area (Å²) in [5, 5.41) is 6.12. The van der Waals surface area contributed by atoms with E-state index < -0.39 is 12.1 Å². The first kappa shape index (κ1) is 18.4. The summed E-state index contributed by atoms with van der Waals surface area (Å²) in [6.07, 6.45) is -0.332. The smallest absolute Gasteiger partial charge is 0.355 e. The SMILES string of the molecule is O=C(NCCc1noc(C(F)(F)F)n1)[C@H](c1ccccc1)C1CCCC1. The molecular formula is C18H20F3N3O2. The molecule has 1 fully saturated rings. The highest BCUT2D eigenvalue weighted by Gasteiger charge is 2.38. The quantitative estimate of drug-likeness (QED) is 0.845. The van der Waals surface area contributed by atoms with Crippen molar-refractivity contribution in [1.82, 2.24) is 15.5 Å². The van der Waals surface area contributed by atoms with E-state index in [0.717, 1.165) is 31.2 Å². The molecular weight excluding hydrogens is 347 g/mol. The highest BCUT2D eigenvalue weighted by molar-refractivity contribution is 5.84. The van der Waals surface area contributed by atoms with Crippen LogP contribution in [0, 0.1) is 5.92 Å². The highest BCUT2D eigenvalue weighted by atomic mass is 19.4. The number of carbonyl (C=O) groups excluding carboxylic acids is 1. The molecule has 1 aliphatic rings. The predicted molar refractivity (Wildman–Crippen MR) is 87.2 cm³/mol. The topological polar surface area (TPSA) is 68.0 Å². The molecule has 5 nitrogen and oxygen atoms in total. The van der Waals surface area contributed by atoms with Crippen molar-refractivity contribution >= 4 is 5.91 Å². The molecule has 1 aliphatic carbocycles. The number of carbonyl (C=O) groups is 1. The summed E-state index contributed by atoms with van der Waals surface area (Å²) in [5.41, 5.74) is 0.968. The van der Waals surface area contributed by atoms with E-state index in [4.69, 9.17) is 0 Å². The zero-order valence-corrected chi connectivity index (χ0v) is 14.1. The predicted octanol–water partition coefficient (Wildman–Crippen LogP) is 3.72. The van der Waals surface area contributed by atoms with E-state index in [1.54, 1.807) is 0 Å². The maximum Gasteiger partial charge on any atom is 0.471 e. The van der Waals surface area contributed by atoms with Gasteiger partial charge in [-0.2, -0.15) is 18.2 Å². The van der Waals surface area contributed by atoms with Crippen molar-refractivity contribution in [2.75, 3.05) is 6.54 Å². The molecule has 0 spiro atoms. The highest BCUT2D eigenvalue weighted by Crippen LogP contribution is 2.37. The molecule has 0 bridgehead atoms. The molecule has 0 unspecified atom stereocenters. The minimum absolute atomic E-state index is 0.0743. The first-order valence-corrected chi connectivity index (χ1v) is 8.67. The van der Waals surface area contributed by atoms with Gasteiger partial charge >= 0.3 is 12.1 Å². The average molecular weight is 367 g/mol. The maximum absolute atomic E-state index is 12.7. The van der Waals surface area contributed by atoms with Gasteiger partial charge in [-0.1, -0.05) is 48.3 Å². The molecule has 1 amide bonds. The van der Waals surface area contributed by atoms with Crippen molar-refractivity contribution in [1.29, 1.82) is 0 Å². The molecule has 2 aromatic rings. The van der Waals surface area contributed by atoms with Crippen LogP contribution in [0.3, 0.4) is 0 Å². The van der Waals surface area contributed by atoms with E-state index in [9.17, 15) is 18.0 Å². The number of alkyl halides is 3. The Bertz CT molecular complexity index is 725. The van der Waals surface area contributed by atoms with Gasteiger partial charge in [0, 0.05) is 13.0 Å². The van der Waals surface area contributed by atoms with Crippen molar-refractivity contribution in [3.05, 3.63) is 47.6 Å². The van der Waals surface area contributed by atoms with Crippen LogP contribution in [0.15, 0.2) is 34.9 Å². The van der Waals surface area contributed by atoms with Crippen LogP contribution in [-0.2, 0) is 17.4 Å². The van der Waals surface area contributed by atoms with Gasteiger partial charge in [0.1, 0.15) is 0 Å². The molecule has 0 aliphatic heterocycles. The summed E-state index contributed by atoms with van der Waals surface area (Å²) in [6.45, 7) is 0.158. The second-order valence-corrected chi connectivity index (χ2v) is 6.49. The number of nitrogens with zero attached hydrogens (tertiary/aromatic N) is 2. The molecule has 8 heteroatoms. The minimum Gasteiger partial charge on any atom is -0.355 e. The van der Waals surface area contributed by atoms with Gasteiger partial charge in [-0.15, -0.1) is 0 Å². The Morgan fingerprint density at radius 1 is 1.23 bits per heavy atom. The van der Waals surface area contributed by atoms with Gasteiger partial charge in [0.15, 0.2) is 5.82 Å². The molecule has 0 radical (unpaired) electrons. The first-order valence-electron chi connectivity index (χ1n) is 8.67. The lowest BCUT2D eigenvalue weighted by molar-refractivity contribution is -0.159. The molecule has 140 valence electrons. The molecule has 1 N–H and O–H groups in total. The molecule has 1 atom stereocenters. The summed E-state index contributed by atoms with van der Waals surface area (Å²) in [5.74, 6) is -1.50. The first-order chi connectivity index (χ1) is 12.4. The Hall–Kier alpha value is -2.38. The van der Waals surface area contributed by atoms with Crippen LogP contribution in [-0.4, -0.2) is 22.6 Å². The molecule has 1 saturated carbocycles. The monoisotopic (exact) mass is 367 g/mol. The van der Waals surface area contributed by atoms with Crippen LogP contribution < -0.4 is 5.32 Å². The molecule has 1 aromatic carbocycles. The van der Waals surface area contributed by atoms with Crippen molar-refractivity contribution in [3.8, 4) is 0 Å². The standard InChI is InChI=1S/C18H20F3N3O2/c19-18(20,21)17-23-14(24-26-17)10-11-22-16(25)15(13-8-4-5-9-13)12-6-2-1-3-7-12/h1-3,6-7,13,15H,4-5,8-11H2,(H,22,25)/t15-/m1/s1. The average Bonchev–Trinajstić information content (AvgIpc) is 3.28. The number of rotatable bonds is 6. The Labute approximate surface area is 149 Å². The summed E-state index contributed by atoms with van der Waals surface area (Å²) in [4.78, 5) is 16.0.